The molecule has 4 aromatic rings. The second-order valence-corrected chi connectivity index (χ2v) is 5.98. The quantitative estimate of drug-likeness (QED) is 0.621. The smallest absolute Gasteiger partial charge is 0.170 e. The largest absolute Gasteiger partial charge is 0.364 e. The van der Waals surface area contributed by atoms with Crippen LogP contribution in [-0.2, 0) is 6.54 Å². The Balaban J connectivity index is 1.67. The third kappa shape index (κ3) is 2.64. The second-order valence-electron chi connectivity index (χ2n) is 4.92. The number of pyridine rings is 1. The fraction of sp³-hybridized carbons (Fsp3) is 0.133. The van der Waals surface area contributed by atoms with E-state index in [1.807, 2.05) is 30.5 Å². The molecule has 0 spiro atoms. The molecular weight excluding hydrogens is 310 g/mol. The summed E-state index contributed by atoms with van der Waals surface area (Å²) in [6, 6.07) is 5.67. The maximum Gasteiger partial charge on any atom is 0.170 e. The number of nitrogens with one attached hydrogen (secondary N) is 1. The van der Waals surface area contributed by atoms with E-state index in [2.05, 4.69) is 30.4 Å². The van der Waals surface area contributed by atoms with Crippen LogP contribution in [0.3, 0.4) is 0 Å². The van der Waals surface area contributed by atoms with Crippen molar-refractivity contribution < 1.29 is 0 Å². The van der Waals surface area contributed by atoms with Crippen molar-refractivity contribution in [2.75, 3.05) is 5.32 Å². The monoisotopic (exact) mass is 323 g/mol. The molecule has 114 valence electrons. The molecule has 7 nitrogen and oxygen atoms in total. The van der Waals surface area contributed by atoms with E-state index in [0.717, 1.165) is 33.4 Å². The molecule has 0 saturated carbocycles. The molecule has 0 fully saturated rings. The summed E-state index contributed by atoms with van der Waals surface area (Å²) in [6.07, 6.45) is 5.00. The predicted molar refractivity (Wildman–Crippen MR) is 88.6 cm³/mol. The summed E-state index contributed by atoms with van der Waals surface area (Å²) >= 11 is 1.64. The number of anilines is 1. The Labute approximate surface area is 136 Å². The van der Waals surface area contributed by atoms with Crippen LogP contribution >= 0.6 is 11.3 Å². The summed E-state index contributed by atoms with van der Waals surface area (Å²) in [5.74, 6) is 1.46. The zero-order valence-electron chi connectivity index (χ0n) is 12.3. The first-order valence-corrected chi connectivity index (χ1v) is 7.94. The standard InChI is InChI=1S/C15H13N7S/c1-10-21-11(8-23-10)6-17-14-12-7-20-22(15(12)19-9-18-14)13-4-2-3-5-16-13/h2-5,7-9H,6H2,1H3,(H,17,18,19). The van der Waals surface area contributed by atoms with Crippen molar-refractivity contribution in [1.82, 2.24) is 29.7 Å². The Morgan fingerprint density at radius 1 is 1.22 bits per heavy atom. The molecule has 23 heavy (non-hydrogen) atoms. The summed E-state index contributed by atoms with van der Waals surface area (Å²) in [5, 5.41) is 11.6. The molecule has 0 unspecified atom stereocenters. The van der Waals surface area contributed by atoms with E-state index in [9.17, 15) is 0 Å². The minimum Gasteiger partial charge on any atom is -0.364 e. The van der Waals surface area contributed by atoms with E-state index in [0.29, 0.717) is 6.54 Å². The summed E-state index contributed by atoms with van der Waals surface area (Å²) < 4.78 is 1.70. The van der Waals surface area contributed by atoms with Crippen molar-refractivity contribution in [2.24, 2.45) is 0 Å². The van der Waals surface area contributed by atoms with Gasteiger partial charge in [0.2, 0.25) is 0 Å². The van der Waals surface area contributed by atoms with E-state index in [1.165, 1.54) is 6.33 Å². The fourth-order valence-electron chi connectivity index (χ4n) is 2.30. The third-order valence-corrected chi connectivity index (χ3v) is 4.16. The number of thiazole rings is 1. The maximum atomic E-state index is 4.44. The molecule has 8 heteroatoms. The Morgan fingerprint density at radius 2 is 2.17 bits per heavy atom. The van der Waals surface area contributed by atoms with Gasteiger partial charge >= 0.3 is 0 Å². The van der Waals surface area contributed by atoms with Gasteiger partial charge in [-0.2, -0.15) is 9.78 Å². The van der Waals surface area contributed by atoms with Gasteiger partial charge in [0.05, 0.1) is 28.8 Å². The fourth-order valence-corrected chi connectivity index (χ4v) is 2.91. The maximum absolute atomic E-state index is 4.44. The lowest BCUT2D eigenvalue weighted by atomic mass is 10.3. The van der Waals surface area contributed by atoms with Gasteiger partial charge in [-0.1, -0.05) is 6.07 Å². The molecule has 4 rings (SSSR count). The average molecular weight is 323 g/mol. The molecule has 4 heterocycles. The first kappa shape index (κ1) is 13.8. The van der Waals surface area contributed by atoms with Crippen LogP contribution in [0.25, 0.3) is 16.9 Å². The van der Waals surface area contributed by atoms with Crippen molar-refractivity contribution >= 4 is 28.2 Å². The molecule has 0 atom stereocenters. The topological polar surface area (TPSA) is 81.4 Å². The second kappa shape index (κ2) is 5.73. The normalized spacial score (nSPS) is 11.0. The molecule has 0 aliphatic heterocycles. The van der Waals surface area contributed by atoms with E-state index >= 15 is 0 Å². The number of hydrogen-bond donors (Lipinski definition) is 1. The van der Waals surface area contributed by atoms with Crippen LogP contribution in [0.4, 0.5) is 5.82 Å². The van der Waals surface area contributed by atoms with E-state index in [1.54, 1.807) is 28.4 Å². The lowest BCUT2D eigenvalue weighted by Gasteiger charge is -2.05. The molecular formula is C15H13N7S. The van der Waals surface area contributed by atoms with Gasteiger partial charge in [-0.25, -0.2) is 19.9 Å². The Hall–Kier alpha value is -2.87. The number of fused-ring (bicyclic) bond motifs is 1. The first-order valence-electron chi connectivity index (χ1n) is 7.06. The SMILES string of the molecule is Cc1nc(CNc2ncnc3c2cnn3-c2ccccn2)cs1. The van der Waals surface area contributed by atoms with Crippen molar-refractivity contribution in [2.45, 2.75) is 13.5 Å². The number of rotatable bonds is 4. The first-order chi connectivity index (χ1) is 11.3. The van der Waals surface area contributed by atoms with Crippen LogP contribution in [0.5, 0.6) is 0 Å². The number of aromatic nitrogens is 6. The minimum absolute atomic E-state index is 0.616. The molecule has 4 aromatic heterocycles. The molecule has 0 aromatic carbocycles. The van der Waals surface area contributed by atoms with Gasteiger partial charge in [0, 0.05) is 11.6 Å². The van der Waals surface area contributed by atoms with Crippen LogP contribution < -0.4 is 5.32 Å². The van der Waals surface area contributed by atoms with Crippen LogP contribution in [-0.4, -0.2) is 29.7 Å². The van der Waals surface area contributed by atoms with E-state index < -0.39 is 0 Å². The van der Waals surface area contributed by atoms with Crippen LogP contribution in [0.1, 0.15) is 10.7 Å². The van der Waals surface area contributed by atoms with Crippen molar-refractivity contribution in [3.05, 3.63) is 53.0 Å². The lowest BCUT2D eigenvalue weighted by Crippen LogP contribution is -2.04. The molecule has 0 aliphatic rings. The third-order valence-electron chi connectivity index (χ3n) is 3.34. The van der Waals surface area contributed by atoms with Gasteiger partial charge in [0.1, 0.15) is 12.1 Å². The lowest BCUT2D eigenvalue weighted by molar-refractivity contribution is 0.861. The minimum atomic E-state index is 0.616. The van der Waals surface area contributed by atoms with Gasteiger partial charge in [0.25, 0.3) is 0 Å². The molecule has 0 radical (unpaired) electrons. The highest BCUT2D eigenvalue weighted by atomic mass is 32.1. The Kier molecular flexibility index (Phi) is 3.43. The van der Waals surface area contributed by atoms with Gasteiger partial charge < -0.3 is 5.32 Å². The highest BCUT2D eigenvalue weighted by molar-refractivity contribution is 7.09. The summed E-state index contributed by atoms with van der Waals surface area (Å²) in [5.41, 5.74) is 1.71. The van der Waals surface area contributed by atoms with Crippen LogP contribution in [0.2, 0.25) is 0 Å². The van der Waals surface area contributed by atoms with Gasteiger partial charge in [0.15, 0.2) is 11.5 Å². The van der Waals surface area contributed by atoms with Crippen molar-refractivity contribution in [3.8, 4) is 5.82 Å². The Bertz CT molecular complexity index is 945. The zero-order chi connectivity index (χ0) is 15.6. The summed E-state index contributed by atoms with van der Waals surface area (Å²) in [7, 11) is 0. The zero-order valence-corrected chi connectivity index (χ0v) is 13.2. The molecule has 0 saturated heterocycles. The van der Waals surface area contributed by atoms with Gasteiger partial charge in [-0.15, -0.1) is 11.3 Å². The highest BCUT2D eigenvalue weighted by Gasteiger charge is 2.11. The summed E-state index contributed by atoms with van der Waals surface area (Å²) in [4.78, 5) is 17.4. The number of hydrogen-bond acceptors (Lipinski definition) is 7. The average Bonchev–Trinajstić information content (AvgIpc) is 3.20. The molecule has 0 aliphatic carbocycles. The molecule has 0 amide bonds. The summed E-state index contributed by atoms with van der Waals surface area (Å²) in [6.45, 7) is 2.61. The van der Waals surface area contributed by atoms with Gasteiger partial charge in [-0.3, -0.25) is 0 Å². The van der Waals surface area contributed by atoms with Gasteiger partial charge in [-0.05, 0) is 19.1 Å². The Morgan fingerprint density at radius 3 is 2.96 bits per heavy atom. The molecule has 0 bridgehead atoms. The number of aryl methyl sites for hydroxylation is 1. The number of nitrogens with zero attached hydrogens (tertiary/aromatic N) is 6. The van der Waals surface area contributed by atoms with E-state index in [4.69, 9.17) is 0 Å². The molecule has 1 N–H and O–H groups in total. The van der Waals surface area contributed by atoms with E-state index in [-0.39, 0.29) is 0 Å². The van der Waals surface area contributed by atoms with Crippen molar-refractivity contribution in [1.29, 1.82) is 0 Å². The predicted octanol–water partition coefficient (Wildman–Crippen LogP) is 2.59. The van der Waals surface area contributed by atoms with Crippen LogP contribution in [0.15, 0.2) is 42.3 Å². The highest BCUT2D eigenvalue weighted by Crippen LogP contribution is 2.21. The van der Waals surface area contributed by atoms with Crippen LogP contribution in [0, 0.1) is 6.92 Å². The van der Waals surface area contributed by atoms with Crippen molar-refractivity contribution in [3.63, 3.8) is 0 Å².